The van der Waals surface area contributed by atoms with Crippen molar-refractivity contribution < 1.29 is 5.11 Å². The monoisotopic (exact) mass is 270 g/mol. The Morgan fingerprint density at radius 3 is 2.80 bits per heavy atom. The molecule has 3 aromatic rings. The normalized spacial score (nSPS) is 10.8. The molecule has 20 heavy (non-hydrogen) atoms. The van der Waals surface area contributed by atoms with Crippen LogP contribution in [0.4, 0.5) is 11.8 Å². The highest BCUT2D eigenvalue weighted by Gasteiger charge is 2.07. The lowest BCUT2D eigenvalue weighted by Gasteiger charge is -2.07. The van der Waals surface area contributed by atoms with Crippen molar-refractivity contribution in [3.8, 4) is 5.75 Å². The molecular formula is C13H14N6O. The molecule has 3 rings (SSSR count). The third-order valence-electron chi connectivity index (χ3n) is 2.95. The highest BCUT2D eigenvalue weighted by atomic mass is 16.3. The van der Waals surface area contributed by atoms with E-state index in [1.54, 1.807) is 18.5 Å². The predicted molar refractivity (Wildman–Crippen MR) is 76.4 cm³/mol. The number of nitrogens with one attached hydrogen (secondary N) is 2. The molecule has 0 atom stereocenters. The van der Waals surface area contributed by atoms with Crippen LogP contribution in [0.2, 0.25) is 0 Å². The van der Waals surface area contributed by atoms with Crippen LogP contribution in [0, 0.1) is 0 Å². The number of hydrogen-bond donors (Lipinski definition) is 4. The van der Waals surface area contributed by atoms with Crippen LogP contribution in [0.5, 0.6) is 5.75 Å². The second kappa shape index (κ2) is 5.04. The van der Waals surface area contributed by atoms with E-state index < -0.39 is 0 Å². The van der Waals surface area contributed by atoms with Gasteiger partial charge < -0.3 is 21.1 Å². The number of aromatic hydroxyl groups is 1. The van der Waals surface area contributed by atoms with Crippen LogP contribution in [0.1, 0.15) is 5.56 Å². The molecule has 0 unspecified atom stereocenters. The number of aromatic amines is 1. The molecular weight excluding hydrogens is 256 g/mol. The summed E-state index contributed by atoms with van der Waals surface area (Å²) in [5.41, 5.74) is 8.05. The van der Waals surface area contributed by atoms with Gasteiger partial charge in [-0.2, -0.15) is 9.97 Å². The molecule has 0 radical (unpaired) electrons. The number of anilines is 2. The summed E-state index contributed by atoms with van der Waals surface area (Å²) in [7, 11) is 0. The van der Waals surface area contributed by atoms with Crippen molar-refractivity contribution in [2.45, 2.75) is 6.42 Å². The van der Waals surface area contributed by atoms with E-state index in [4.69, 9.17) is 5.73 Å². The third kappa shape index (κ3) is 2.46. The predicted octanol–water partition coefficient (Wildman–Crippen LogP) is 1.30. The number of H-pyrrole nitrogens is 1. The summed E-state index contributed by atoms with van der Waals surface area (Å²) in [4.78, 5) is 15.2. The Morgan fingerprint density at radius 2 is 2.00 bits per heavy atom. The Labute approximate surface area is 114 Å². The molecule has 102 valence electrons. The summed E-state index contributed by atoms with van der Waals surface area (Å²) in [6, 6.07) is 7.12. The Kier molecular flexibility index (Phi) is 3.08. The lowest BCUT2D eigenvalue weighted by molar-refractivity contribution is 0.475. The number of benzene rings is 1. The molecule has 0 fully saturated rings. The van der Waals surface area contributed by atoms with E-state index in [1.165, 1.54) is 0 Å². The molecule has 7 nitrogen and oxygen atoms in total. The zero-order chi connectivity index (χ0) is 13.9. The first kappa shape index (κ1) is 12.2. The minimum Gasteiger partial charge on any atom is -0.508 e. The van der Waals surface area contributed by atoms with Gasteiger partial charge in [0.05, 0.1) is 6.33 Å². The number of fused-ring (bicyclic) bond motifs is 1. The lowest BCUT2D eigenvalue weighted by Crippen LogP contribution is -2.08. The van der Waals surface area contributed by atoms with Crippen molar-refractivity contribution in [2.75, 3.05) is 17.6 Å². The maximum absolute atomic E-state index is 9.23. The highest BCUT2D eigenvalue weighted by molar-refractivity contribution is 5.83. The van der Waals surface area contributed by atoms with Crippen LogP contribution in [0.25, 0.3) is 11.2 Å². The number of nitrogens with two attached hydrogens (primary N) is 1. The molecule has 5 N–H and O–H groups in total. The average Bonchev–Trinajstić information content (AvgIpc) is 2.89. The summed E-state index contributed by atoms with van der Waals surface area (Å²) in [5.74, 6) is 1.10. The first-order valence-corrected chi connectivity index (χ1v) is 6.21. The van der Waals surface area contributed by atoms with Crippen LogP contribution in [0.3, 0.4) is 0 Å². The zero-order valence-corrected chi connectivity index (χ0v) is 10.7. The number of phenolic OH excluding ortho intramolecular Hbond substituents is 1. The van der Waals surface area contributed by atoms with Gasteiger partial charge in [0, 0.05) is 6.54 Å². The van der Waals surface area contributed by atoms with Crippen LogP contribution in [-0.4, -0.2) is 31.6 Å². The van der Waals surface area contributed by atoms with Gasteiger partial charge in [-0.05, 0) is 24.1 Å². The van der Waals surface area contributed by atoms with Gasteiger partial charge in [0.1, 0.15) is 11.3 Å². The van der Waals surface area contributed by atoms with Crippen molar-refractivity contribution in [1.82, 2.24) is 19.9 Å². The van der Waals surface area contributed by atoms with Gasteiger partial charge in [-0.25, -0.2) is 4.98 Å². The lowest BCUT2D eigenvalue weighted by atomic mass is 10.1. The van der Waals surface area contributed by atoms with Crippen molar-refractivity contribution in [3.63, 3.8) is 0 Å². The number of nitrogen functional groups attached to an aromatic ring is 1. The summed E-state index contributed by atoms with van der Waals surface area (Å²) in [6.45, 7) is 0.690. The van der Waals surface area contributed by atoms with Gasteiger partial charge in [-0.3, -0.25) is 0 Å². The molecule has 0 saturated carbocycles. The fourth-order valence-corrected chi connectivity index (χ4v) is 1.97. The maximum Gasteiger partial charge on any atom is 0.224 e. The molecule has 0 amide bonds. The summed E-state index contributed by atoms with van der Waals surface area (Å²) in [6.07, 6.45) is 2.36. The Bertz CT molecular complexity index is 721. The van der Waals surface area contributed by atoms with E-state index in [2.05, 4.69) is 25.3 Å². The van der Waals surface area contributed by atoms with E-state index >= 15 is 0 Å². The quantitative estimate of drug-likeness (QED) is 0.568. The first-order valence-electron chi connectivity index (χ1n) is 6.21. The topological polar surface area (TPSA) is 113 Å². The summed E-state index contributed by atoms with van der Waals surface area (Å²) in [5, 5.41) is 12.4. The van der Waals surface area contributed by atoms with Gasteiger partial charge >= 0.3 is 0 Å². The van der Waals surface area contributed by atoms with E-state index in [-0.39, 0.29) is 11.7 Å². The first-order chi connectivity index (χ1) is 9.72. The van der Waals surface area contributed by atoms with Gasteiger partial charge in [0.15, 0.2) is 11.5 Å². The zero-order valence-electron chi connectivity index (χ0n) is 10.7. The number of nitrogens with zero attached hydrogens (tertiary/aromatic N) is 3. The summed E-state index contributed by atoms with van der Waals surface area (Å²) >= 11 is 0. The molecule has 0 bridgehead atoms. The fourth-order valence-electron chi connectivity index (χ4n) is 1.97. The van der Waals surface area contributed by atoms with Gasteiger partial charge in [0.2, 0.25) is 5.95 Å². The second-order valence-corrected chi connectivity index (χ2v) is 4.37. The van der Waals surface area contributed by atoms with Crippen LogP contribution in [0.15, 0.2) is 30.6 Å². The van der Waals surface area contributed by atoms with Gasteiger partial charge in [0.25, 0.3) is 0 Å². The van der Waals surface area contributed by atoms with E-state index in [0.29, 0.717) is 18.0 Å². The molecule has 2 heterocycles. The molecule has 2 aromatic heterocycles. The van der Waals surface area contributed by atoms with Crippen molar-refractivity contribution in [3.05, 3.63) is 36.2 Å². The van der Waals surface area contributed by atoms with Crippen molar-refractivity contribution in [2.24, 2.45) is 0 Å². The van der Waals surface area contributed by atoms with Crippen molar-refractivity contribution in [1.29, 1.82) is 0 Å². The maximum atomic E-state index is 9.23. The summed E-state index contributed by atoms with van der Waals surface area (Å²) < 4.78 is 0. The van der Waals surface area contributed by atoms with Crippen molar-refractivity contribution >= 4 is 22.9 Å². The van der Waals surface area contributed by atoms with E-state index in [0.717, 1.165) is 17.5 Å². The smallest absolute Gasteiger partial charge is 0.224 e. The number of aromatic nitrogens is 4. The fraction of sp³-hybridized carbons (Fsp3) is 0.154. The molecule has 7 heteroatoms. The van der Waals surface area contributed by atoms with E-state index in [9.17, 15) is 5.11 Å². The van der Waals surface area contributed by atoms with Gasteiger partial charge in [-0.15, -0.1) is 0 Å². The largest absolute Gasteiger partial charge is 0.508 e. The number of hydrogen-bond acceptors (Lipinski definition) is 6. The minimum absolute atomic E-state index is 0.191. The van der Waals surface area contributed by atoms with E-state index in [1.807, 2.05) is 12.1 Å². The standard InChI is InChI=1S/C13H14N6O/c14-13-18-11(10-12(19-13)17-7-16-10)15-6-5-8-1-3-9(20)4-2-8/h1-4,7,20H,5-6H2,(H4,14,15,16,17,18,19). The van der Waals surface area contributed by atoms with Gasteiger partial charge in [-0.1, -0.05) is 12.1 Å². The minimum atomic E-state index is 0.191. The third-order valence-corrected chi connectivity index (χ3v) is 2.95. The molecule has 0 spiro atoms. The number of phenols is 1. The Hall–Kier alpha value is -2.83. The molecule has 0 aliphatic heterocycles. The SMILES string of the molecule is Nc1nc(NCCc2ccc(O)cc2)c2[nH]cnc2n1. The van der Waals surface area contributed by atoms with Crippen LogP contribution >= 0.6 is 0 Å². The Morgan fingerprint density at radius 1 is 1.20 bits per heavy atom. The number of rotatable bonds is 4. The second-order valence-electron chi connectivity index (χ2n) is 4.37. The van der Waals surface area contributed by atoms with Crippen LogP contribution < -0.4 is 11.1 Å². The highest BCUT2D eigenvalue weighted by Crippen LogP contribution is 2.17. The molecule has 0 aliphatic rings. The average molecular weight is 270 g/mol. The molecule has 0 saturated heterocycles. The van der Waals surface area contributed by atoms with Crippen LogP contribution in [-0.2, 0) is 6.42 Å². The number of imidazole rings is 1. The molecule has 0 aliphatic carbocycles. The molecule has 1 aromatic carbocycles. The Balaban J connectivity index is 1.70.